The van der Waals surface area contributed by atoms with Crippen LogP contribution >= 0.6 is 11.6 Å². The molecule has 0 bridgehead atoms. The highest BCUT2D eigenvalue weighted by molar-refractivity contribution is 6.30. The highest BCUT2D eigenvalue weighted by atomic mass is 35.5. The number of hydrogen-bond donors (Lipinski definition) is 3. The zero-order valence-corrected chi connectivity index (χ0v) is 18.6. The van der Waals surface area contributed by atoms with Crippen molar-refractivity contribution in [2.24, 2.45) is 0 Å². The fourth-order valence-electron chi connectivity index (χ4n) is 3.66. The first kappa shape index (κ1) is 21.9. The van der Waals surface area contributed by atoms with Gasteiger partial charge in [0, 0.05) is 29.4 Å². The van der Waals surface area contributed by atoms with Crippen LogP contribution in [0.2, 0.25) is 5.02 Å². The number of methoxy groups -OCH3 is 1. The van der Waals surface area contributed by atoms with Gasteiger partial charge in [-0.05, 0) is 55.3 Å². The largest absolute Gasteiger partial charge is 0.497 e. The Morgan fingerprint density at radius 2 is 1.94 bits per heavy atom. The lowest BCUT2D eigenvalue weighted by atomic mass is 9.95. The number of ether oxygens (including phenoxy) is 1. The van der Waals surface area contributed by atoms with Crippen molar-refractivity contribution < 1.29 is 14.6 Å². The van der Waals surface area contributed by atoms with E-state index >= 15 is 0 Å². The molecule has 3 N–H and O–H groups in total. The number of allylic oxidation sites excluding steroid dienone is 1. The minimum absolute atomic E-state index is 0.0602. The van der Waals surface area contributed by atoms with Gasteiger partial charge >= 0.3 is 0 Å². The normalized spacial score (nSPS) is 15.2. The second-order valence-corrected chi connectivity index (χ2v) is 7.86. The SMILES string of the molecule is COc1ccc(NC(=O)C2=C(C)Nc3nc(CCCO)nn3[C@@H]2c2ccc(Cl)cc2)cc1. The van der Waals surface area contributed by atoms with E-state index in [1.807, 2.05) is 19.1 Å². The van der Waals surface area contributed by atoms with Gasteiger partial charge in [-0.15, -0.1) is 0 Å². The summed E-state index contributed by atoms with van der Waals surface area (Å²) in [5.74, 6) is 1.61. The Morgan fingerprint density at radius 3 is 2.59 bits per heavy atom. The molecule has 3 aromatic rings. The maximum absolute atomic E-state index is 13.4. The standard InChI is InChI=1S/C23H24ClN5O3/c1-14-20(22(31)26-17-9-11-18(32-2)12-10-17)21(15-5-7-16(24)8-6-15)29-23(25-14)27-19(28-29)4-3-13-30/h5-12,21,30H,3-4,13H2,1-2H3,(H,26,31)(H,25,27,28)/t21-/m1/s1. The molecule has 32 heavy (non-hydrogen) atoms. The summed E-state index contributed by atoms with van der Waals surface area (Å²) in [6.07, 6.45) is 1.10. The average Bonchev–Trinajstić information content (AvgIpc) is 3.20. The summed E-state index contributed by atoms with van der Waals surface area (Å²) >= 11 is 6.10. The lowest BCUT2D eigenvalue weighted by molar-refractivity contribution is -0.113. The Kier molecular flexibility index (Phi) is 6.43. The first-order valence-electron chi connectivity index (χ1n) is 10.2. The minimum Gasteiger partial charge on any atom is -0.497 e. The quantitative estimate of drug-likeness (QED) is 0.503. The van der Waals surface area contributed by atoms with E-state index < -0.39 is 6.04 Å². The monoisotopic (exact) mass is 453 g/mol. The molecule has 1 aromatic heterocycles. The number of aromatic nitrogens is 3. The molecule has 8 nitrogen and oxygen atoms in total. The average molecular weight is 454 g/mol. The van der Waals surface area contributed by atoms with Crippen LogP contribution in [-0.4, -0.2) is 39.5 Å². The van der Waals surface area contributed by atoms with Gasteiger partial charge in [-0.25, -0.2) is 4.68 Å². The number of halogens is 1. The van der Waals surface area contributed by atoms with E-state index in [9.17, 15) is 4.79 Å². The van der Waals surface area contributed by atoms with Gasteiger partial charge in [-0.1, -0.05) is 23.7 Å². The van der Waals surface area contributed by atoms with Crippen LogP contribution in [-0.2, 0) is 11.2 Å². The lowest BCUT2D eigenvalue weighted by Crippen LogP contribution is -2.31. The number of amides is 1. The van der Waals surface area contributed by atoms with Crippen molar-refractivity contribution in [1.29, 1.82) is 0 Å². The number of aryl methyl sites for hydroxylation is 1. The molecule has 1 amide bonds. The van der Waals surface area contributed by atoms with Gasteiger partial charge in [-0.3, -0.25) is 4.79 Å². The zero-order chi connectivity index (χ0) is 22.7. The molecular weight excluding hydrogens is 430 g/mol. The van der Waals surface area contributed by atoms with Crippen LogP contribution in [0.5, 0.6) is 5.75 Å². The number of aliphatic hydroxyl groups excluding tert-OH is 1. The van der Waals surface area contributed by atoms with Gasteiger partial charge in [0.05, 0.1) is 12.7 Å². The fourth-order valence-corrected chi connectivity index (χ4v) is 3.78. The van der Waals surface area contributed by atoms with Crippen molar-refractivity contribution in [3.63, 3.8) is 0 Å². The van der Waals surface area contributed by atoms with Crippen LogP contribution in [0, 0.1) is 0 Å². The van der Waals surface area contributed by atoms with Crippen LogP contribution in [0.4, 0.5) is 11.6 Å². The number of nitrogens with one attached hydrogen (secondary N) is 2. The lowest BCUT2D eigenvalue weighted by Gasteiger charge is -2.28. The molecule has 2 heterocycles. The van der Waals surface area contributed by atoms with E-state index in [0.717, 1.165) is 5.56 Å². The fraction of sp³-hybridized carbons (Fsp3) is 0.261. The van der Waals surface area contributed by atoms with Crippen LogP contribution in [0.3, 0.4) is 0 Å². The van der Waals surface area contributed by atoms with Crippen molar-refractivity contribution in [2.75, 3.05) is 24.4 Å². The van der Waals surface area contributed by atoms with Crippen LogP contribution in [0.15, 0.2) is 59.8 Å². The summed E-state index contributed by atoms with van der Waals surface area (Å²) in [6.45, 7) is 1.90. The maximum Gasteiger partial charge on any atom is 0.255 e. The third-order valence-electron chi connectivity index (χ3n) is 5.23. The predicted octanol–water partition coefficient (Wildman–Crippen LogP) is 3.79. The molecule has 9 heteroatoms. The second-order valence-electron chi connectivity index (χ2n) is 7.42. The van der Waals surface area contributed by atoms with Gasteiger partial charge < -0.3 is 20.5 Å². The summed E-state index contributed by atoms with van der Waals surface area (Å²) < 4.78 is 6.90. The number of carbonyl (C=O) groups excluding carboxylic acids is 1. The number of benzene rings is 2. The Labute approximate surface area is 190 Å². The molecular formula is C23H24ClN5O3. The molecule has 0 unspecified atom stereocenters. The highest BCUT2D eigenvalue weighted by Crippen LogP contribution is 2.36. The summed E-state index contributed by atoms with van der Waals surface area (Å²) in [5.41, 5.74) is 2.72. The van der Waals surface area contributed by atoms with Crippen molar-refractivity contribution in [2.45, 2.75) is 25.8 Å². The molecule has 1 aliphatic rings. The van der Waals surface area contributed by atoms with Gasteiger partial charge in [0.15, 0.2) is 5.82 Å². The molecule has 1 aliphatic heterocycles. The van der Waals surface area contributed by atoms with Gasteiger partial charge in [-0.2, -0.15) is 10.1 Å². The molecule has 1 atom stereocenters. The summed E-state index contributed by atoms with van der Waals surface area (Å²) in [7, 11) is 1.59. The Morgan fingerprint density at radius 1 is 1.22 bits per heavy atom. The second kappa shape index (κ2) is 9.42. The molecule has 0 spiro atoms. The van der Waals surface area contributed by atoms with Gasteiger partial charge in [0.1, 0.15) is 11.8 Å². The maximum atomic E-state index is 13.4. The third kappa shape index (κ3) is 4.46. The highest BCUT2D eigenvalue weighted by Gasteiger charge is 2.34. The van der Waals surface area contributed by atoms with Crippen LogP contribution in [0.1, 0.15) is 30.8 Å². The zero-order valence-electron chi connectivity index (χ0n) is 17.8. The van der Waals surface area contributed by atoms with E-state index in [1.165, 1.54) is 0 Å². The number of nitrogens with zero attached hydrogens (tertiary/aromatic N) is 3. The predicted molar refractivity (Wildman–Crippen MR) is 123 cm³/mol. The number of rotatable bonds is 7. The third-order valence-corrected chi connectivity index (χ3v) is 5.49. The summed E-state index contributed by atoms with van der Waals surface area (Å²) in [5, 5.41) is 20.6. The first-order chi connectivity index (χ1) is 15.5. The van der Waals surface area contributed by atoms with Crippen LogP contribution in [0.25, 0.3) is 0 Å². The van der Waals surface area contributed by atoms with Crippen LogP contribution < -0.4 is 15.4 Å². The molecule has 0 fully saturated rings. The molecule has 4 rings (SSSR count). The Balaban J connectivity index is 1.71. The van der Waals surface area contributed by atoms with Crippen molar-refractivity contribution in [3.05, 3.63) is 76.2 Å². The smallest absolute Gasteiger partial charge is 0.255 e. The van der Waals surface area contributed by atoms with Gasteiger partial charge in [0.25, 0.3) is 5.91 Å². The summed E-state index contributed by atoms with van der Waals surface area (Å²) in [6, 6.07) is 14.0. The molecule has 2 aromatic carbocycles. The number of aliphatic hydroxyl groups is 1. The van der Waals surface area contributed by atoms with E-state index in [2.05, 4.69) is 20.7 Å². The molecule has 0 saturated carbocycles. The number of fused-ring (bicyclic) bond motifs is 1. The van der Waals surface area contributed by atoms with E-state index in [1.54, 1.807) is 48.2 Å². The summed E-state index contributed by atoms with van der Waals surface area (Å²) in [4.78, 5) is 18.0. The molecule has 0 aliphatic carbocycles. The Bertz CT molecular complexity index is 1140. The first-order valence-corrected chi connectivity index (χ1v) is 10.6. The minimum atomic E-state index is -0.489. The topological polar surface area (TPSA) is 101 Å². The molecule has 0 radical (unpaired) electrons. The molecule has 0 saturated heterocycles. The van der Waals surface area contributed by atoms with Crippen molar-refractivity contribution in [1.82, 2.24) is 14.8 Å². The van der Waals surface area contributed by atoms with E-state index in [0.29, 0.717) is 52.3 Å². The number of anilines is 2. The Hall–Kier alpha value is -3.36. The molecule has 166 valence electrons. The number of carbonyl (C=O) groups is 1. The number of hydrogen-bond acceptors (Lipinski definition) is 6. The van der Waals surface area contributed by atoms with Crippen molar-refractivity contribution >= 4 is 29.1 Å². The van der Waals surface area contributed by atoms with E-state index in [-0.39, 0.29) is 12.5 Å². The van der Waals surface area contributed by atoms with Gasteiger partial charge in [0.2, 0.25) is 5.95 Å². The van der Waals surface area contributed by atoms with E-state index in [4.69, 9.17) is 21.4 Å². The van der Waals surface area contributed by atoms with Crippen molar-refractivity contribution in [3.8, 4) is 5.75 Å².